The Morgan fingerprint density at radius 2 is 1.41 bits per heavy atom. The van der Waals surface area contributed by atoms with Crippen molar-refractivity contribution in [3.8, 4) is 0 Å². The number of hydrogen-bond donors (Lipinski definition) is 0. The second-order valence-corrected chi connectivity index (χ2v) is 12.6. The standard InChI is InChI=1S/C13H32O2Si2/c1-13(15-9-7-11-17(4)5)12-14-8-6-10-16(2)3/h13,16-17H,6-12H2,1-5H3. The number of rotatable bonds is 11. The molecule has 0 saturated heterocycles. The minimum absolute atomic E-state index is 0.264. The Bertz CT molecular complexity index is 163. The molecule has 1 atom stereocenters. The zero-order valence-corrected chi connectivity index (χ0v) is 14.8. The van der Waals surface area contributed by atoms with Crippen molar-refractivity contribution in [2.24, 2.45) is 0 Å². The highest BCUT2D eigenvalue weighted by Gasteiger charge is 2.03. The van der Waals surface area contributed by atoms with Crippen LogP contribution < -0.4 is 0 Å². The van der Waals surface area contributed by atoms with E-state index in [1.54, 1.807) is 0 Å². The molecule has 4 heteroatoms. The van der Waals surface area contributed by atoms with E-state index in [1.807, 2.05) is 0 Å². The first kappa shape index (κ1) is 17.4. The van der Waals surface area contributed by atoms with Crippen LogP contribution in [0.2, 0.25) is 38.3 Å². The molecule has 0 rings (SSSR count). The maximum absolute atomic E-state index is 5.73. The molecule has 0 bridgehead atoms. The minimum Gasteiger partial charge on any atom is -0.379 e. The third-order valence-electron chi connectivity index (χ3n) is 2.75. The summed E-state index contributed by atoms with van der Waals surface area (Å²) < 4.78 is 11.4. The third-order valence-corrected chi connectivity index (χ3v) is 5.88. The normalized spacial score (nSPS) is 13.6. The molecule has 0 aliphatic rings. The Labute approximate surface area is 111 Å². The molecule has 0 fully saturated rings. The van der Waals surface area contributed by atoms with E-state index >= 15 is 0 Å². The van der Waals surface area contributed by atoms with Gasteiger partial charge in [0.05, 0.1) is 12.7 Å². The molecule has 0 amide bonds. The van der Waals surface area contributed by atoms with Crippen LogP contribution in [0, 0.1) is 0 Å². The first-order valence-corrected chi connectivity index (χ1v) is 13.5. The molecular weight excluding hydrogens is 244 g/mol. The van der Waals surface area contributed by atoms with Crippen molar-refractivity contribution in [3.63, 3.8) is 0 Å². The summed E-state index contributed by atoms with van der Waals surface area (Å²) in [6.45, 7) is 14.3. The molecule has 0 radical (unpaired) electrons. The molecule has 0 N–H and O–H groups in total. The summed E-state index contributed by atoms with van der Waals surface area (Å²) in [7, 11) is -0.760. The van der Waals surface area contributed by atoms with E-state index in [4.69, 9.17) is 9.47 Å². The van der Waals surface area contributed by atoms with Crippen LogP contribution in [0.25, 0.3) is 0 Å². The van der Waals surface area contributed by atoms with Gasteiger partial charge in [-0.15, -0.1) is 0 Å². The Kier molecular flexibility index (Phi) is 11.7. The molecule has 1 unspecified atom stereocenters. The molecule has 0 aliphatic carbocycles. The molecule has 0 aromatic carbocycles. The molecule has 0 aliphatic heterocycles. The Morgan fingerprint density at radius 3 is 1.94 bits per heavy atom. The van der Waals surface area contributed by atoms with Crippen molar-refractivity contribution in [3.05, 3.63) is 0 Å². The van der Waals surface area contributed by atoms with Gasteiger partial charge in [0.1, 0.15) is 0 Å². The van der Waals surface area contributed by atoms with Gasteiger partial charge in [-0.2, -0.15) is 0 Å². The third kappa shape index (κ3) is 14.3. The maximum Gasteiger partial charge on any atom is 0.0780 e. The summed E-state index contributed by atoms with van der Waals surface area (Å²) in [6.07, 6.45) is 2.73. The van der Waals surface area contributed by atoms with Crippen LogP contribution in [0.3, 0.4) is 0 Å². The van der Waals surface area contributed by atoms with Gasteiger partial charge in [0.25, 0.3) is 0 Å². The molecule has 0 heterocycles. The summed E-state index contributed by atoms with van der Waals surface area (Å²) in [4.78, 5) is 0. The van der Waals surface area contributed by atoms with Gasteiger partial charge in [0, 0.05) is 30.8 Å². The number of hydrogen-bond acceptors (Lipinski definition) is 2. The fourth-order valence-corrected chi connectivity index (χ4v) is 3.63. The van der Waals surface area contributed by atoms with Crippen LogP contribution >= 0.6 is 0 Å². The lowest BCUT2D eigenvalue weighted by Gasteiger charge is -2.14. The summed E-state index contributed by atoms with van der Waals surface area (Å²) in [6, 6.07) is 2.79. The van der Waals surface area contributed by atoms with Crippen molar-refractivity contribution in [1.29, 1.82) is 0 Å². The highest BCUT2D eigenvalue weighted by atomic mass is 28.3. The highest BCUT2D eigenvalue weighted by Crippen LogP contribution is 2.02. The lowest BCUT2D eigenvalue weighted by molar-refractivity contribution is -0.00615. The van der Waals surface area contributed by atoms with Crippen LogP contribution in [0.5, 0.6) is 0 Å². The fraction of sp³-hybridized carbons (Fsp3) is 1.00. The van der Waals surface area contributed by atoms with Gasteiger partial charge in [-0.05, 0) is 19.8 Å². The first-order valence-electron chi connectivity index (χ1n) is 7.21. The Hall–Kier alpha value is 0.354. The maximum atomic E-state index is 5.73. The predicted molar refractivity (Wildman–Crippen MR) is 82.8 cm³/mol. The fourth-order valence-electron chi connectivity index (χ4n) is 1.67. The van der Waals surface area contributed by atoms with Crippen LogP contribution in [-0.4, -0.2) is 43.5 Å². The molecule has 17 heavy (non-hydrogen) atoms. The highest BCUT2D eigenvalue weighted by molar-refractivity contribution is 6.55. The SMILES string of the molecule is CC(COCCC[SiH](C)C)OCCC[SiH](C)C. The van der Waals surface area contributed by atoms with E-state index in [-0.39, 0.29) is 23.7 Å². The molecule has 0 aromatic rings. The Morgan fingerprint density at radius 1 is 0.882 bits per heavy atom. The Balaban J connectivity index is 3.20. The quantitative estimate of drug-likeness (QED) is 0.426. The lowest BCUT2D eigenvalue weighted by atomic mass is 10.4. The van der Waals surface area contributed by atoms with Gasteiger partial charge in [-0.3, -0.25) is 0 Å². The molecule has 2 nitrogen and oxygen atoms in total. The minimum atomic E-state index is -0.382. The van der Waals surface area contributed by atoms with Gasteiger partial charge >= 0.3 is 0 Å². The second kappa shape index (κ2) is 11.4. The smallest absolute Gasteiger partial charge is 0.0780 e. The lowest BCUT2D eigenvalue weighted by Crippen LogP contribution is -2.18. The van der Waals surface area contributed by atoms with Crippen LogP contribution in [-0.2, 0) is 9.47 Å². The van der Waals surface area contributed by atoms with Crippen molar-refractivity contribution in [1.82, 2.24) is 0 Å². The van der Waals surface area contributed by atoms with Crippen molar-refractivity contribution >= 4 is 17.6 Å². The largest absolute Gasteiger partial charge is 0.379 e. The molecule has 0 aromatic heterocycles. The van der Waals surface area contributed by atoms with Gasteiger partial charge in [-0.25, -0.2) is 0 Å². The monoisotopic (exact) mass is 276 g/mol. The van der Waals surface area contributed by atoms with Crippen LogP contribution in [0.1, 0.15) is 19.8 Å². The zero-order valence-electron chi connectivity index (χ0n) is 12.5. The van der Waals surface area contributed by atoms with Crippen LogP contribution in [0.15, 0.2) is 0 Å². The van der Waals surface area contributed by atoms with Crippen molar-refractivity contribution < 1.29 is 9.47 Å². The summed E-state index contributed by atoms with van der Waals surface area (Å²) in [5, 5.41) is 0. The summed E-state index contributed by atoms with van der Waals surface area (Å²) in [5.74, 6) is 0. The molecule has 0 spiro atoms. The second-order valence-electron chi connectivity index (χ2n) is 5.83. The van der Waals surface area contributed by atoms with E-state index < -0.39 is 0 Å². The van der Waals surface area contributed by atoms with E-state index in [1.165, 1.54) is 24.9 Å². The summed E-state index contributed by atoms with van der Waals surface area (Å²) >= 11 is 0. The average molecular weight is 277 g/mol. The van der Waals surface area contributed by atoms with E-state index in [2.05, 4.69) is 33.1 Å². The summed E-state index contributed by atoms with van der Waals surface area (Å²) in [5.41, 5.74) is 0. The molecular formula is C13H32O2Si2. The molecule has 104 valence electrons. The topological polar surface area (TPSA) is 18.5 Å². The van der Waals surface area contributed by atoms with Gasteiger partial charge in [-0.1, -0.05) is 38.3 Å². The average Bonchev–Trinajstić information content (AvgIpc) is 2.23. The van der Waals surface area contributed by atoms with Gasteiger partial charge in [0.2, 0.25) is 0 Å². The van der Waals surface area contributed by atoms with E-state index in [9.17, 15) is 0 Å². The first-order chi connectivity index (χ1) is 8.02. The van der Waals surface area contributed by atoms with Crippen molar-refractivity contribution in [2.45, 2.75) is 64.1 Å². The van der Waals surface area contributed by atoms with Crippen molar-refractivity contribution in [2.75, 3.05) is 19.8 Å². The van der Waals surface area contributed by atoms with Crippen LogP contribution in [0.4, 0.5) is 0 Å². The predicted octanol–water partition coefficient (Wildman–Crippen LogP) is 3.16. The number of ether oxygens (including phenoxy) is 2. The van der Waals surface area contributed by atoms with E-state index in [0.717, 1.165) is 19.8 Å². The van der Waals surface area contributed by atoms with Gasteiger partial charge < -0.3 is 9.47 Å². The van der Waals surface area contributed by atoms with E-state index in [0.29, 0.717) is 0 Å². The molecule has 0 saturated carbocycles. The van der Waals surface area contributed by atoms with Gasteiger partial charge in [0.15, 0.2) is 0 Å². The zero-order chi connectivity index (χ0) is 13.1.